The molecule has 0 radical (unpaired) electrons. The SMILES string of the molecule is O=C(O)c1ccc(I)c(OCc2ccc(Cl)cc2Cl)c1. The van der Waals surface area contributed by atoms with E-state index in [9.17, 15) is 4.79 Å². The predicted molar refractivity (Wildman–Crippen MR) is 86.9 cm³/mol. The van der Waals surface area contributed by atoms with Gasteiger partial charge in [-0.15, -0.1) is 0 Å². The number of carboxylic acids is 1. The van der Waals surface area contributed by atoms with Gasteiger partial charge in [-0.05, 0) is 52.9 Å². The first kappa shape index (κ1) is 15.4. The Morgan fingerprint density at radius 3 is 2.60 bits per heavy atom. The number of carboxylic acid groups (broad SMARTS) is 1. The number of halogens is 3. The molecule has 0 aliphatic heterocycles. The van der Waals surface area contributed by atoms with Gasteiger partial charge < -0.3 is 9.84 Å². The van der Waals surface area contributed by atoms with Crippen molar-refractivity contribution < 1.29 is 14.6 Å². The topological polar surface area (TPSA) is 46.5 Å². The molecule has 0 aromatic heterocycles. The average Bonchev–Trinajstić information content (AvgIpc) is 2.39. The average molecular weight is 423 g/mol. The molecule has 0 amide bonds. The highest BCUT2D eigenvalue weighted by atomic mass is 127. The van der Waals surface area contributed by atoms with E-state index in [4.69, 9.17) is 33.0 Å². The third kappa shape index (κ3) is 3.77. The van der Waals surface area contributed by atoms with Crippen LogP contribution in [0.25, 0.3) is 0 Å². The summed E-state index contributed by atoms with van der Waals surface area (Å²) in [5.41, 5.74) is 0.968. The lowest BCUT2D eigenvalue weighted by Crippen LogP contribution is -2.01. The molecule has 2 rings (SSSR count). The number of benzene rings is 2. The van der Waals surface area contributed by atoms with Crippen molar-refractivity contribution in [3.05, 3.63) is 61.1 Å². The molecule has 0 saturated heterocycles. The lowest BCUT2D eigenvalue weighted by Gasteiger charge is -2.10. The van der Waals surface area contributed by atoms with Crippen LogP contribution in [0.1, 0.15) is 15.9 Å². The molecular formula is C14H9Cl2IO3. The Kier molecular flexibility index (Phi) is 5.12. The highest BCUT2D eigenvalue weighted by Gasteiger charge is 2.09. The highest BCUT2D eigenvalue weighted by molar-refractivity contribution is 14.1. The quantitative estimate of drug-likeness (QED) is 0.714. The first-order valence-electron chi connectivity index (χ1n) is 5.57. The maximum atomic E-state index is 10.9. The number of carbonyl (C=O) groups is 1. The van der Waals surface area contributed by atoms with Gasteiger partial charge in [0.2, 0.25) is 0 Å². The van der Waals surface area contributed by atoms with Crippen molar-refractivity contribution in [3.63, 3.8) is 0 Å². The highest BCUT2D eigenvalue weighted by Crippen LogP contribution is 2.26. The molecule has 0 heterocycles. The lowest BCUT2D eigenvalue weighted by atomic mass is 10.2. The van der Waals surface area contributed by atoms with Crippen LogP contribution in [0.3, 0.4) is 0 Å². The third-order valence-electron chi connectivity index (χ3n) is 2.58. The van der Waals surface area contributed by atoms with Crippen molar-refractivity contribution in [1.82, 2.24) is 0 Å². The van der Waals surface area contributed by atoms with Crippen LogP contribution >= 0.6 is 45.8 Å². The van der Waals surface area contributed by atoms with Gasteiger partial charge in [0.1, 0.15) is 12.4 Å². The maximum absolute atomic E-state index is 10.9. The van der Waals surface area contributed by atoms with Crippen molar-refractivity contribution in [2.24, 2.45) is 0 Å². The smallest absolute Gasteiger partial charge is 0.335 e. The maximum Gasteiger partial charge on any atom is 0.335 e. The van der Waals surface area contributed by atoms with Gasteiger partial charge in [-0.25, -0.2) is 4.79 Å². The molecule has 0 spiro atoms. The van der Waals surface area contributed by atoms with E-state index in [1.54, 1.807) is 24.3 Å². The van der Waals surface area contributed by atoms with Gasteiger partial charge in [0.05, 0.1) is 9.13 Å². The number of aromatic carboxylic acids is 1. The van der Waals surface area contributed by atoms with E-state index in [1.165, 1.54) is 12.1 Å². The second kappa shape index (κ2) is 6.65. The van der Waals surface area contributed by atoms with Gasteiger partial charge in [0, 0.05) is 15.6 Å². The molecule has 2 aromatic carbocycles. The predicted octanol–water partition coefficient (Wildman–Crippen LogP) is 4.88. The summed E-state index contributed by atoms with van der Waals surface area (Å²) in [6.07, 6.45) is 0. The first-order valence-corrected chi connectivity index (χ1v) is 7.40. The van der Waals surface area contributed by atoms with Crippen LogP contribution in [0.5, 0.6) is 5.75 Å². The van der Waals surface area contributed by atoms with Gasteiger partial charge in [-0.1, -0.05) is 29.3 Å². The normalized spacial score (nSPS) is 10.3. The van der Waals surface area contributed by atoms with Gasteiger partial charge in [0.15, 0.2) is 0 Å². The zero-order valence-corrected chi connectivity index (χ0v) is 13.7. The van der Waals surface area contributed by atoms with Crippen LogP contribution in [-0.2, 0) is 6.61 Å². The van der Waals surface area contributed by atoms with E-state index in [-0.39, 0.29) is 12.2 Å². The van der Waals surface area contributed by atoms with Crippen LogP contribution in [0.4, 0.5) is 0 Å². The number of ether oxygens (including phenoxy) is 1. The Balaban J connectivity index is 2.18. The van der Waals surface area contributed by atoms with Crippen LogP contribution in [0.2, 0.25) is 10.0 Å². The lowest BCUT2D eigenvalue weighted by molar-refractivity contribution is 0.0696. The molecule has 1 N–H and O–H groups in total. The number of hydrogen-bond donors (Lipinski definition) is 1. The van der Waals surface area contributed by atoms with Crippen LogP contribution < -0.4 is 4.74 Å². The van der Waals surface area contributed by atoms with E-state index in [0.717, 1.165) is 9.13 Å². The standard InChI is InChI=1S/C14H9Cl2IO3/c15-10-3-1-9(11(16)6-10)7-20-13-5-8(14(18)19)2-4-12(13)17/h1-6H,7H2,(H,18,19). The van der Waals surface area contributed by atoms with Crippen molar-refractivity contribution in [2.75, 3.05) is 0 Å². The zero-order chi connectivity index (χ0) is 14.7. The largest absolute Gasteiger partial charge is 0.488 e. The summed E-state index contributed by atoms with van der Waals surface area (Å²) in [7, 11) is 0. The summed E-state index contributed by atoms with van der Waals surface area (Å²) < 4.78 is 6.47. The van der Waals surface area contributed by atoms with Crippen LogP contribution in [-0.4, -0.2) is 11.1 Å². The van der Waals surface area contributed by atoms with E-state index < -0.39 is 5.97 Å². The molecular weight excluding hydrogens is 414 g/mol. The fourth-order valence-electron chi connectivity index (χ4n) is 1.54. The molecule has 20 heavy (non-hydrogen) atoms. The van der Waals surface area contributed by atoms with Gasteiger partial charge in [-0.2, -0.15) is 0 Å². The summed E-state index contributed by atoms with van der Waals surface area (Å²) in [6.45, 7) is 0.245. The monoisotopic (exact) mass is 422 g/mol. The summed E-state index contributed by atoms with van der Waals surface area (Å²) in [5, 5.41) is 10.0. The molecule has 0 fully saturated rings. The van der Waals surface area contributed by atoms with E-state index in [1.807, 2.05) is 0 Å². The molecule has 0 saturated carbocycles. The summed E-state index contributed by atoms with van der Waals surface area (Å²) in [5.74, 6) is -0.479. The molecule has 2 aromatic rings. The zero-order valence-electron chi connectivity index (χ0n) is 10.1. The second-order valence-corrected chi connectivity index (χ2v) is 5.98. The Morgan fingerprint density at radius 1 is 1.20 bits per heavy atom. The Morgan fingerprint density at radius 2 is 1.95 bits per heavy atom. The second-order valence-electron chi connectivity index (χ2n) is 3.97. The van der Waals surface area contributed by atoms with Gasteiger partial charge in [0.25, 0.3) is 0 Å². The van der Waals surface area contributed by atoms with Gasteiger partial charge >= 0.3 is 5.97 Å². The summed E-state index contributed by atoms with van der Waals surface area (Å²) in [4.78, 5) is 10.9. The third-order valence-corrected chi connectivity index (χ3v) is 4.05. The minimum Gasteiger partial charge on any atom is -0.488 e. The Hall–Kier alpha value is -0.980. The van der Waals surface area contributed by atoms with Crippen LogP contribution in [0.15, 0.2) is 36.4 Å². The van der Waals surface area contributed by atoms with Crippen LogP contribution in [0, 0.1) is 3.57 Å². The molecule has 104 valence electrons. The first-order chi connectivity index (χ1) is 9.47. The Labute approximate surface area is 139 Å². The molecule has 0 unspecified atom stereocenters. The minimum atomic E-state index is -0.990. The molecule has 0 aliphatic carbocycles. The van der Waals surface area contributed by atoms with Crippen molar-refractivity contribution >= 4 is 51.8 Å². The summed E-state index contributed by atoms with van der Waals surface area (Å²) in [6, 6.07) is 9.87. The summed E-state index contributed by atoms with van der Waals surface area (Å²) >= 11 is 14.0. The van der Waals surface area contributed by atoms with Crippen molar-refractivity contribution in [2.45, 2.75) is 6.61 Å². The van der Waals surface area contributed by atoms with E-state index >= 15 is 0 Å². The number of rotatable bonds is 4. The van der Waals surface area contributed by atoms with E-state index in [2.05, 4.69) is 22.6 Å². The molecule has 0 aliphatic rings. The fourth-order valence-corrected chi connectivity index (χ4v) is 2.50. The van der Waals surface area contributed by atoms with Crippen molar-refractivity contribution in [1.29, 1.82) is 0 Å². The fraction of sp³-hybridized carbons (Fsp3) is 0.0714. The minimum absolute atomic E-state index is 0.183. The van der Waals surface area contributed by atoms with Gasteiger partial charge in [-0.3, -0.25) is 0 Å². The Bertz CT molecular complexity index is 659. The molecule has 6 heteroatoms. The molecule has 0 atom stereocenters. The molecule has 0 bridgehead atoms. The van der Waals surface area contributed by atoms with E-state index in [0.29, 0.717) is 15.8 Å². The van der Waals surface area contributed by atoms with Crippen molar-refractivity contribution in [3.8, 4) is 5.75 Å². The number of hydrogen-bond acceptors (Lipinski definition) is 2. The molecule has 3 nitrogen and oxygen atoms in total.